The van der Waals surface area contributed by atoms with Gasteiger partial charge in [-0.15, -0.1) is 11.3 Å². The van der Waals surface area contributed by atoms with E-state index >= 15 is 0 Å². The fourth-order valence-corrected chi connectivity index (χ4v) is 3.59. The molecule has 1 aliphatic rings. The molecule has 1 saturated heterocycles. The second-order valence-electron chi connectivity index (χ2n) is 5.26. The molecule has 2 heterocycles. The Kier molecular flexibility index (Phi) is 3.31. The molecule has 4 rings (SSSR count). The van der Waals surface area contributed by atoms with Gasteiger partial charge in [0.2, 0.25) is 0 Å². The zero-order valence-electron chi connectivity index (χ0n) is 12.2. The second kappa shape index (κ2) is 5.48. The molecule has 1 fully saturated rings. The summed E-state index contributed by atoms with van der Waals surface area (Å²) in [4.78, 5) is 32.0. The number of imide groups is 1. The van der Waals surface area contributed by atoms with E-state index in [-0.39, 0.29) is 25.0 Å². The molecule has 3 amide bonds. The average Bonchev–Trinajstić information content (AvgIpc) is 3.11. The van der Waals surface area contributed by atoms with Crippen LogP contribution >= 0.6 is 11.3 Å². The zero-order valence-corrected chi connectivity index (χ0v) is 13.0. The molecular weight excluding hydrogens is 310 g/mol. The minimum Gasteiger partial charge on any atom is -0.285 e. The lowest BCUT2D eigenvalue weighted by Gasteiger charge is -2.16. The third kappa shape index (κ3) is 2.47. The number of hydrogen-bond donors (Lipinski definition) is 0. The van der Waals surface area contributed by atoms with E-state index in [0.29, 0.717) is 0 Å². The summed E-state index contributed by atoms with van der Waals surface area (Å²) in [6, 6.07) is 16.7. The lowest BCUT2D eigenvalue weighted by molar-refractivity contribution is -0.125. The van der Waals surface area contributed by atoms with Gasteiger partial charge in [-0.3, -0.25) is 14.6 Å². The van der Waals surface area contributed by atoms with E-state index in [1.807, 2.05) is 54.6 Å². The number of hydrogen-bond acceptors (Lipinski definition) is 4. The van der Waals surface area contributed by atoms with Crippen LogP contribution in [-0.2, 0) is 11.3 Å². The van der Waals surface area contributed by atoms with Gasteiger partial charge in [-0.05, 0) is 24.3 Å². The number of thiazole rings is 1. The molecule has 0 atom stereocenters. The summed E-state index contributed by atoms with van der Waals surface area (Å²) in [6.45, 7) is 0.300. The summed E-state index contributed by atoms with van der Waals surface area (Å²) in [5.41, 5.74) is 1.63. The summed E-state index contributed by atoms with van der Waals surface area (Å²) >= 11 is 1.51. The first kappa shape index (κ1) is 13.9. The number of carbonyl (C=O) groups is 2. The lowest BCUT2D eigenvalue weighted by Crippen LogP contribution is -2.32. The maximum absolute atomic E-state index is 12.5. The molecule has 0 aliphatic carbocycles. The lowest BCUT2D eigenvalue weighted by atomic mass is 10.3. The summed E-state index contributed by atoms with van der Waals surface area (Å²) in [5.74, 6) is -0.196. The van der Waals surface area contributed by atoms with Crippen LogP contribution < -0.4 is 4.90 Å². The fourth-order valence-electron chi connectivity index (χ4n) is 2.63. The molecule has 6 heteroatoms. The van der Waals surface area contributed by atoms with Crippen LogP contribution in [0.1, 0.15) is 5.01 Å². The highest BCUT2D eigenvalue weighted by molar-refractivity contribution is 7.18. The topological polar surface area (TPSA) is 53.5 Å². The highest BCUT2D eigenvalue weighted by Gasteiger charge is 2.37. The smallest absolute Gasteiger partial charge is 0.285 e. The van der Waals surface area contributed by atoms with E-state index in [1.54, 1.807) is 0 Å². The van der Waals surface area contributed by atoms with Crippen LogP contribution in [0.3, 0.4) is 0 Å². The number of fused-ring (bicyclic) bond motifs is 1. The first-order valence-electron chi connectivity index (χ1n) is 7.24. The molecule has 0 radical (unpaired) electrons. The molecule has 0 unspecified atom stereocenters. The first-order chi connectivity index (χ1) is 11.2. The summed E-state index contributed by atoms with van der Waals surface area (Å²) in [5, 5.41) is 0.766. The van der Waals surface area contributed by atoms with Crippen molar-refractivity contribution in [2.45, 2.75) is 6.54 Å². The van der Waals surface area contributed by atoms with E-state index in [4.69, 9.17) is 0 Å². The van der Waals surface area contributed by atoms with E-state index in [9.17, 15) is 9.59 Å². The normalized spacial score (nSPS) is 15.0. The predicted molar refractivity (Wildman–Crippen MR) is 89.4 cm³/mol. The standard InChI is InChI=1S/C17H13N3O2S/c21-16-11-19(12-6-2-1-3-7-12)17(22)20(16)10-15-18-13-8-4-5-9-14(13)23-15/h1-9H,10-11H2. The van der Waals surface area contributed by atoms with Crippen molar-refractivity contribution in [1.82, 2.24) is 9.88 Å². The number of urea groups is 1. The predicted octanol–water partition coefficient (Wildman–Crippen LogP) is 3.27. The first-order valence-corrected chi connectivity index (χ1v) is 8.05. The second-order valence-corrected chi connectivity index (χ2v) is 6.37. The van der Waals surface area contributed by atoms with Crippen molar-refractivity contribution in [3.8, 4) is 0 Å². The number of rotatable bonds is 3. The number of aromatic nitrogens is 1. The Balaban J connectivity index is 1.59. The molecule has 0 bridgehead atoms. The molecule has 114 valence electrons. The van der Waals surface area contributed by atoms with Crippen molar-refractivity contribution >= 4 is 39.2 Å². The van der Waals surface area contributed by atoms with E-state index in [0.717, 1.165) is 20.9 Å². The highest BCUT2D eigenvalue weighted by Crippen LogP contribution is 2.26. The number of benzene rings is 2. The van der Waals surface area contributed by atoms with Gasteiger partial charge < -0.3 is 0 Å². The monoisotopic (exact) mass is 323 g/mol. The van der Waals surface area contributed by atoms with Crippen LogP contribution in [-0.4, -0.2) is 28.4 Å². The third-order valence-electron chi connectivity index (χ3n) is 3.76. The number of carbonyl (C=O) groups excluding carboxylic acids is 2. The van der Waals surface area contributed by atoms with Gasteiger partial charge in [0.15, 0.2) is 0 Å². The Morgan fingerprint density at radius 2 is 1.74 bits per heavy atom. The van der Waals surface area contributed by atoms with E-state index in [2.05, 4.69) is 4.98 Å². The quantitative estimate of drug-likeness (QED) is 0.695. The fraction of sp³-hybridized carbons (Fsp3) is 0.118. The van der Waals surface area contributed by atoms with Crippen LogP contribution in [0.4, 0.5) is 10.5 Å². The summed E-state index contributed by atoms with van der Waals surface area (Å²) in [6.07, 6.45) is 0. The molecular formula is C17H13N3O2S. The van der Waals surface area contributed by atoms with E-state index < -0.39 is 0 Å². The van der Waals surface area contributed by atoms with Gasteiger partial charge in [0.1, 0.15) is 11.6 Å². The number of amides is 3. The molecule has 0 saturated carbocycles. The molecule has 0 spiro atoms. The van der Waals surface area contributed by atoms with Crippen LogP contribution in [0.5, 0.6) is 0 Å². The Labute approximate surface area is 136 Å². The number of nitrogens with zero attached hydrogens (tertiary/aromatic N) is 3. The maximum atomic E-state index is 12.5. The minimum absolute atomic E-state index is 0.0771. The van der Waals surface area contributed by atoms with Gasteiger partial charge in [-0.1, -0.05) is 30.3 Å². The van der Waals surface area contributed by atoms with Crippen molar-refractivity contribution in [1.29, 1.82) is 0 Å². The van der Waals surface area contributed by atoms with Crippen molar-refractivity contribution < 1.29 is 9.59 Å². The highest BCUT2D eigenvalue weighted by atomic mass is 32.1. The van der Waals surface area contributed by atoms with Crippen LogP contribution in [0, 0.1) is 0 Å². The molecule has 1 aromatic heterocycles. The molecule has 1 aliphatic heterocycles. The van der Waals surface area contributed by atoms with Gasteiger partial charge in [-0.25, -0.2) is 9.78 Å². The minimum atomic E-state index is -0.291. The summed E-state index contributed by atoms with van der Waals surface area (Å²) in [7, 11) is 0. The average molecular weight is 323 g/mol. The van der Waals surface area contributed by atoms with Gasteiger partial charge in [-0.2, -0.15) is 0 Å². The van der Waals surface area contributed by atoms with Crippen LogP contribution in [0.2, 0.25) is 0 Å². The number of para-hydroxylation sites is 2. The van der Waals surface area contributed by atoms with E-state index in [1.165, 1.54) is 21.1 Å². The van der Waals surface area contributed by atoms with Crippen LogP contribution in [0.15, 0.2) is 54.6 Å². The van der Waals surface area contributed by atoms with Crippen LogP contribution in [0.25, 0.3) is 10.2 Å². The largest absolute Gasteiger partial charge is 0.332 e. The van der Waals surface area contributed by atoms with Gasteiger partial charge in [0.05, 0.1) is 16.8 Å². The molecule has 23 heavy (non-hydrogen) atoms. The Morgan fingerprint density at radius 3 is 2.52 bits per heavy atom. The maximum Gasteiger partial charge on any atom is 0.332 e. The zero-order chi connectivity index (χ0) is 15.8. The molecule has 2 aromatic carbocycles. The van der Waals surface area contributed by atoms with Gasteiger partial charge >= 0.3 is 6.03 Å². The molecule has 0 N–H and O–H groups in total. The SMILES string of the molecule is O=C1CN(c2ccccc2)C(=O)N1Cc1nc2ccccc2s1. The van der Waals surface area contributed by atoms with Crippen molar-refractivity contribution in [3.05, 3.63) is 59.6 Å². The molecule has 5 nitrogen and oxygen atoms in total. The van der Waals surface area contributed by atoms with Gasteiger partial charge in [0.25, 0.3) is 5.91 Å². The molecule has 3 aromatic rings. The Hall–Kier alpha value is -2.73. The summed E-state index contributed by atoms with van der Waals surface area (Å²) < 4.78 is 1.06. The van der Waals surface area contributed by atoms with Crippen molar-refractivity contribution in [3.63, 3.8) is 0 Å². The van der Waals surface area contributed by atoms with Crippen molar-refractivity contribution in [2.75, 3.05) is 11.4 Å². The Morgan fingerprint density at radius 1 is 1.00 bits per heavy atom. The Bertz CT molecular complexity index is 858. The number of anilines is 1. The van der Waals surface area contributed by atoms with Gasteiger partial charge in [0, 0.05) is 5.69 Å². The third-order valence-corrected chi connectivity index (χ3v) is 4.78. The van der Waals surface area contributed by atoms with Crippen molar-refractivity contribution in [2.24, 2.45) is 0 Å².